The van der Waals surface area contributed by atoms with Gasteiger partial charge in [-0.2, -0.15) is 0 Å². The van der Waals surface area contributed by atoms with Crippen molar-refractivity contribution in [3.05, 3.63) is 41.9 Å². The van der Waals surface area contributed by atoms with E-state index in [1.165, 1.54) is 17.9 Å². The summed E-state index contributed by atoms with van der Waals surface area (Å²) in [5, 5.41) is 5.09. The average Bonchev–Trinajstić information content (AvgIpc) is 3.39. The first-order chi connectivity index (χ1) is 15.9. The number of hydrogen-bond acceptors (Lipinski definition) is 7. The Hall–Kier alpha value is -3.60. The highest BCUT2D eigenvalue weighted by Gasteiger charge is 2.33. The molecule has 10 nitrogen and oxygen atoms in total. The molecular weight excluding hydrogens is 433 g/mol. The minimum absolute atomic E-state index is 0.205. The van der Waals surface area contributed by atoms with Crippen LogP contribution in [-0.2, 0) is 20.9 Å². The average molecular weight is 459 g/mol. The summed E-state index contributed by atoms with van der Waals surface area (Å²) < 4.78 is 25.7. The van der Waals surface area contributed by atoms with Crippen molar-refractivity contribution >= 4 is 35.7 Å². The molecule has 0 bridgehead atoms. The van der Waals surface area contributed by atoms with Crippen LogP contribution in [0.1, 0.15) is 12.7 Å². The number of anilines is 3. The largest absolute Gasteiger partial charge is 0.444 e. The van der Waals surface area contributed by atoms with E-state index in [4.69, 9.17) is 9.15 Å². The van der Waals surface area contributed by atoms with Crippen molar-refractivity contribution in [1.82, 2.24) is 10.2 Å². The maximum atomic E-state index is 14.9. The Morgan fingerprint density at radius 3 is 2.70 bits per heavy atom. The number of carbonyl (C=O) groups is 3. The summed E-state index contributed by atoms with van der Waals surface area (Å²) in [4.78, 5) is 39.3. The molecule has 1 unspecified atom stereocenters. The maximum Gasteiger partial charge on any atom is 0.414 e. The van der Waals surface area contributed by atoms with Crippen molar-refractivity contribution < 1.29 is 27.9 Å². The zero-order chi connectivity index (χ0) is 23.4. The van der Waals surface area contributed by atoms with Gasteiger partial charge in [-0.1, -0.05) is 0 Å². The molecule has 1 aromatic carbocycles. The van der Waals surface area contributed by atoms with Gasteiger partial charge < -0.3 is 19.4 Å². The van der Waals surface area contributed by atoms with Gasteiger partial charge in [-0.3, -0.25) is 24.7 Å². The fourth-order valence-electron chi connectivity index (χ4n) is 3.98. The van der Waals surface area contributed by atoms with E-state index in [0.717, 1.165) is 18.8 Å². The lowest BCUT2D eigenvalue weighted by Crippen LogP contribution is -2.46. The number of amides is 3. The Labute approximate surface area is 190 Å². The highest BCUT2D eigenvalue weighted by atomic mass is 19.1. The third kappa shape index (κ3) is 5.43. The van der Waals surface area contributed by atoms with Crippen LogP contribution in [-0.4, -0.2) is 68.7 Å². The number of furan rings is 1. The molecule has 0 saturated carbocycles. The van der Waals surface area contributed by atoms with Gasteiger partial charge in [0.25, 0.3) is 0 Å². The Kier molecular flexibility index (Phi) is 6.78. The number of ether oxygens (including phenoxy) is 1. The molecular formula is C22H26FN5O5. The summed E-state index contributed by atoms with van der Waals surface area (Å²) >= 11 is 0. The number of cyclic esters (lactones) is 1. The standard InChI is InChI=1S/C22H26FN5O5/c1-15(30)24-11-18-13-28(22(31)33-18)16-2-4-20(19(23)10-16)27-8-6-26(7-9-27)12-17-3-5-21(32-17)25-14-29/h2-5,10,14,18H,6-9,11-13H2,1H3,(H,24,30)(H,25,29). The fourth-order valence-corrected chi connectivity index (χ4v) is 3.98. The summed E-state index contributed by atoms with van der Waals surface area (Å²) in [5.41, 5.74) is 0.902. The molecule has 2 fully saturated rings. The molecule has 2 aliphatic rings. The zero-order valence-electron chi connectivity index (χ0n) is 18.3. The summed E-state index contributed by atoms with van der Waals surface area (Å²) in [7, 11) is 0. The van der Waals surface area contributed by atoms with Crippen LogP contribution in [0.5, 0.6) is 0 Å². The zero-order valence-corrected chi connectivity index (χ0v) is 18.3. The summed E-state index contributed by atoms with van der Waals surface area (Å²) in [5.74, 6) is 0.542. The Morgan fingerprint density at radius 1 is 1.21 bits per heavy atom. The minimum atomic E-state index is -0.560. The van der Waals surface area contributed by atoms with E-state index >= 15 is 0 Å². The molecule has 2 saturated heterocycles. The molecule has 0 aliphatic carbocycles. The van der Waals surface area contributed by atoms with Crippen LogP contribution < -0.4 is 20.4 Å². The Bertz CT molecular complexity index is 1020. The van der Waals surface area contributed by atoms with E-state index in [9.17, 15) is 18.8 Å². The third-order valence-corrected chi connectivity index (χ3v) is 5.65. The molecule has 2 aromatic rings. The van der Waals surface area contributed by atoms with Crippen LogP contribution in [0.2, 0.25) is 0 Å². The van der Waals surface area contributed by atoms with Crippen LogP contribution in [0.15, 0.2) is 34.7 Å². The summed E-state index contributed by atoms with van der Waals surface area (Å²) in [6.45, 7) is 5.18. The first kappa shape index (κ1) is 22.6. The number of piperazine rings is 1. The van der Waals surface area contributed by atoms with Crippen LogP contribution in [0, 0.1) is 5.82 Å². The predicted molar refractivity (Wildman–Crippen MR) is 119 cm³/mol. The molecule has 1 atom stereocenters. The van der Waals surface area contributed by atoms with Gasteiger partial charge in [-0.15, -0.1) is 0 Å². The van der Waals surface area contributed by atoms with Crippen molar-refractivity contribution in [3.63, 3.8) is 0 Å². The summed E-state index contributed by atoms with van der Waals surface area (Å²) in [6.07, 6.45) is -0.468. The van der Waals surface area contributed by atoms with E-state index in [0.29, 0.717) is 43.3 Å². The number of benzene rings is 1. The first-order valence-electron chi connectivity index (χ1n) is 10.7. The molecule has 176 valence electrons. The van der Waals surface area contributed by atoms with Gasteiger partial charge in [0.2, 0.25) is 12.3 Å². The molecule has 33 heavy (non-hydrogen) atoms. The van der Waals surface area contributed by atoms with Gasteiger partial charge >= 0.3 is 6.09 Å². The Balaban J connectivity index is 1.32. The smallest absolute Gasteiger partial charge is 0.414 e. The minimum Gasteiger partial charge on any atom is -0.444 e. The lowest BCUT2D eigenvalue weighted by Gasteiger charge is -2.36. The van der Waals surface area contributed by atoms with Crippen LogP contribution >= 0.6 is 0 Å². The number of nitrogens with zero attached hydrogens (tertiary/aromatic N) is 3. The highest BCUT2D eigenvalue weighted by Crippen LogP contribution is 2.28. The van der Waals surface area contributed by atoms with E-state index in [1.54, 1.807) is 18.2 Å². The van der Waals surface area contributed by atoms with Crippen molar-refractivity contribution in [2.24, 2.45) is 0 Å². The number of hydrogen-bond donors (Lipinski definition) is 2. The third-order valence-electron chi connectivity index (χ3n) is 5.65. The van der Waals surface area contributed by atoms with Gasteiger partial charge in [-0.05, 0) is 24.3 Å². The topological polar surface area (TPSA) is 107 Å². The van der Waals surface area contributed by atoms with Gasteiger partial charge in [0, 0.05) is 39.2 Å². The second-order valence-corrected chi connectivity index (χ2v) is 7.98. The molecule has 2 N–H and O–H groups in total. The number of carbonyl (C=O) groups excluding carboxylic acids is 3. The van der Waals surface area contributed by atoms with Gasteiger partial charge in [0.15, 0.2) is 5.88 Å². The van der Waals surface area contributed by atoms with Crippen molar-refractivity contribution in [3.8, 4) is 0 Å². The van der Waals surface area contributed by atoms with Gasteiger partial charge in [0.05, 0.1) is 31.0 Å². The van der Waals surface area contributed by atoms with E-state index in [2.05, 4.69) is 15.5 Å². The number of halogens is 1. The maximum absolute atomic E-state index is 14.9. The van der Waals surface area contributed by atoms with Gasteiger partial charge in [-0.25, -0.2) is 9.18 Å². The van der Waals surface area contributed by atoms with Gasteiger partial charge in [0.1, 0.15) is 17.7 Å². The van der Waals surface area contributed by atoms with Crippen LogP contribution in [0.25, 0.3) is 0 Å². The summed E-state index contributed by atoms with van der Waals surface area (Å²) in [6, 6.07) is 8.25. The van der Waals surface area contributed by atoms with E-state index in [-0.39, 0.29) is 19.0 Å². The second kappa shape index (κ2) is 9.90. The van der Waals surface area contributed by atoms with E-state index in [1.807, 2.05) is 11.0 Å². The highest BCUT2D eigenvalue weighted by molar-refractivity contribution is 5.90. The number of rotatable bonds is 8. The molecule has 2 aliphatic heterocycles. The Morgan fingerprint density at radius 2 is 2.00 bits per heavy atom. The molecule has 11 heteroatoms. The fraction of sp³-hybridized carbons (Fsp3) is 0.409. The first-order valence-corrected chi connectivity index (χ1v) is 10.7. The number of nitrogens with one attached hydrogen (secondary N) is 2. The molecule has 4 rings (SSSR count). The van der Waals surface area contributed by atoms with Crippen molar-refractivity contribution in [2.45, 2.75) is 19.6 Å². The normalized spacial score (nSPS) is 18.8. The van der Waals surface area contributed by atoms with E-state index < -0.39 is 18.0 Å². The van der Waals surface area contributed by atoms with Crippen molar-refractivity contribution in [2.75, 3.05) is 54.4 Å². The quantitative estimate of drug-likeness (QED) is 0.580. The molecule has 3 amide bonds. The second-order valence-electron chi connectivity index (χ2n) is 7.98. The van der Waals surface area contributed by atoms with Crippen LogP contribution in [0.4, 0.5) is 26.4 Å². The molecule has 3 heterocycles. The van der Waals surface area contributed by atoms with Crippen molar-refractivity contribution in [1.29, 1.82) is 0 Å². The molecule has 0 spiro atoms. The lowest BCUT2D eigenvalue weighted by atomic mass is 10.2. The molecule has 0 radical (unpaired) electrons. The monoisotopic (exact) mass is 459 g/mol. The van der Waals surface area contributed by atoms with Crippen LogP contribution in [0.3, 0.4) is 0 Å². The molecule has 1 aromatic heterocycles. The predicted octanol–water partition coefficient (Wildman–Crippen LogP) is 1.77. The lowest BCUT2D eigenvalue weighted by molar-refractivity contribution is -0.119. The SMILES string of the molecule is CC(=O)NCC1CN(c2ccc(N3CCN(Cc4ccc(NC=O)o4)CC3)c(F)c2)C(=O)O1.